The summed E-state index contributed by atoms with van der Waals surface area (Å²) in [7, 11) is 0. The first-order chi connectivity index (χ1) is 11.7. The summed E-state index contributed by atoms with van der Waals surface area (Å²) in [5, 5.41) is 11.6. The lowest BCUT2D eigenvalue weighted by molar-refractivity contribution is -0.137. The Bertz CT molecular complexity index is 812. The highest BCUT2D eigenvalue weighted by Crippen LogP contribution is 2.34. The smallest absolute Gasteiger partial charge is 0.303 e. The molecule has 24 heavy (non-hydrogen) atoms. The van der Waals surface area contributed by atoms with Gasteiger partial charge in [0.05, 0.1) is 5.69 Å². The standard InChI is InChI=1S/C19H18N2O3/c22-18(23)9-3-1-2-6-14-13-7-4-5-8-15(13)19(24)21-17-10-11-20-12-16(14)17/h4-8,10-12H,1-3,9H2,(H,21,24)(H,22,23). The molecule has 0 saturated carbocycles. The van der Waals surface area contributed by atoms with Crippen LogP contribution in [0.5, 0.6) is 0 Å². The molecule has 1 amide bonds. The number of hydrogen-bond donors (Lipinski definition) is 2. The van der Waals surface area contributed by atoms with Crippen molar-refractivity contribution in [2.24, 2.45) is 0 Å². The fourth-order valence-electron chi connectivity index (χ4n) is 2.86. The van der Waals surface area contributed by atoms with Crippen LogP contribution >= 0.6 is 0 Å². The van der Waals surface area contributed by atoms with Gasteiger partial charge in [0.15, 0.2) is 0 Å². The fraction of sp³-hybridized carbons (Fsp3) is 0.211. The third-order valence-corrected chi connectivity index (χ3v) is 4.01. The van der Waals surface area contributed by atoms with Crippen LogP contribution in [0.4, 0.5) is 5.69 Å². The van der Waals surface area contributed by atoms with E-state index in [1.807, 2.05) is 24.3 Å². The molecule has 0 unspecified atom stereocenters. The molecule has 2 N–H and O–H groups in total. The number of hydrogen-bond acceptors (Lipinski definition) is 3. The van der Waals surface area contributed by atoms with E-state index < -0.39 is 5.97 Å². The highest BCUT2D eigenvalue weighted by molar-refractivity contribution is 6.12. The lowest BCUT2D eigenvalue weighted by Crippen LogP contribution is -2.11. The number of carboxylic acid groups (broad SMARTS) is 1. The van der Waals surface area contributed by atoms with E-state index in [2.05, 4.69) is 16.4 Å². The SMILES string of the molecule is O=C(O)CCCCC=C1c2cnccc2NC(=O)c2ccccc21. The molecule has 0 aliphatic carbocycles. The van der Waals surface area contributed by atoms with Gasteiger partial charge in [-0.15, -0.1) is 0 Å². The number of pyridine rings is 1. The van der Waals surface area contributed by atoms with Gasteiger partial charge in [0, 0.05) is 29.9 Å². The van der Waals surface area contributed by atoms with Gasteiger partial charge in [-0.1, -0.05) is 24.3 Å². The second-order valence-electron chi connectivity index (χ2n) is 5.68. The van der Waals surface area contributed by atoms with Crippen LogP contribution in [0.3, 0.4) is 0 Å². The zero-order chi connectivity index (χ0) is 16.9. The van der Waals surface area contributed by atoms with Crippen molar-refractivity contribution in [1.82, 2.24) is 4.98 Å². The number of nitrogens with zero attached hydrogens (tertiary/aromatic N) is 1. The molecule has 3 rings (SSSR count). The van der Waals surface area contributed by atoms with E-state index in [9.17, 15) is 9.59 Å². The second kappa shape index (κ2) is 7.08. The molecular weight excluding hydrogens is 304 g/mol. The maximum absolute atomic E-state index is 12.4. The largest absolute Gasteiger partial charge is 0.481 e. The zero-order valence-corrected chi connectivity index (χ0v) is 13.2. The van der Waals surface area contributed by atoms with E-state index in [-0.39, 0.29) is 12.3 Å². The average molecular weight is 322 g/mol. The highest BCUT2D eigenvalue weighted by Gasteiger charge is 2.22. The van der Waals surface area contributed by atoms with Gasteiger partial charge in [-0.25, -0.2) is 0 Å². The van der Waals surface area contributed by atoms with Crippen molar-refractivity contribution >= 4 is 23.1 Å². The molecule has 1 aromatic heterocycles. The number of benzene rings is 1. The van der Waals surface area contributed by atoms with Gasteiger partial charge in [0.1, 0.15) is 0 Å². The van der Waals surface area contributed by atoms with Crippen LogP contribution in [0.2, 0.25) is 0 Å². The minimum absolute atomic E-state index is 0.132. The van der Waals surface area contributed by atoms with E-state index in [0.29, 0.717) is 12.0 Å². The number of carbonyl (C=O) groups excluding carboxylic acids is 1. The second-order valence-corrected chi connectivity index (χ2v) is 5.68. The first-order valence-electron chi connectivity index (χ1n) is 7.94. The van der Waals surface area contributed by atoms with E-state index in [0.717, 1.165) is 35.2 Å². The molecule has 0 saturated heterocycles. The summed E-state index contributed by atoms with van der Waals surface area (Å²) in [6.45, 7) is 0. The Kier molecular flexibility index (Phi) is 4.70. The molecule has 0 atom stereocenters. The zero-order valence-electron chi connectivity index (χ0n) is 13.2. The normalized spacial score (nSPS) is 14.5. The average Bonchev–Trinajstić information content (AvgIpc) is 2.70. The molecule has 5 nitrogen and oxygen atoms in total. The van der Waals surface area contributed by atoms with Gasteiger partial charge < -0.3 is 10.4 Å². The third kappa shape index (κ3) is 3.35. The van der Waals surface area contributed by atoms with Gasteiger partial charge in [-0.2, -0.15) is 0 Å². The van der Waals surface area contributed by atoms with Crippen molar-refractivity contribution in [3.63, 3.8) is 0 Å². The molecular formula is C19H18N2O3. The quantitative estimate of drug-likeness (QED) is 0.822. The van der Waals surface area contributed by atoms with Crippen LogP contribution in [0.1, 0.15) is 47.2 Å². The summed E-state index contributed by atoms with van der Waals surface area (Å²) in [6, 6.07) is 9.28. The number of aromatic nitrogens is 1. The molecule has 0 fully saturated rings. The number of nitrogens with one attached hydrogen (secondary N) is 1. The van der Waals surface area contributed by atoms with Crippen LogP contribution in [0.25, 0.3) is 5.57 Å². The van der Waals surface area contributed by atoms with Crippen LogP contribution < -0.4 is 5.32 Å². The summed E-state index contributed by atoms with van der Waals surface area (Å²) in [5.41, 5.74) is 4.09. The predicted molar refractivity (Wildman–Crippen MR) is 91.8 cm³/mol. The van der Waals surface area contributed by atoms with Gasteiger partial charge >= 0.3 is 5.97 Å². The van der Waals surface area contributed by atoms with Gasteiger partial charge in [-0.3, -0.25) is 14.6 Å². The first-order valence-corrected chi connectivity index (χ1v) is 7.94. The molecule has 1 aromatic carbocycles. The number of amides is 1. The molecule has 1 aliphatic rings. The number of anilines is 1. The Balaban J connectivity index is 1.96. The minimum Gasteiger partial charge on any atom is -0.481 e. The molecule has 5 heteroatoms. The van der Waals surface area contributed by atoms with E-state index in [1.165, 1.54) is 0 Å². The number of carbonyl (C=O) groups is 2. The number of allylic oxidation sites excluding steroid dienone is 1. The van der Waals surface area contributed by atoms with Gasteiger partial charge in [-0.05, 0) is 42.5 Å². The molecule has 0 radical (unpaired) electrons. The Hall–Kier alpha value is -2.95. The van der Waals surface area contributed by atoms with E-state index in [1.54, 1.807) is 18.5 Å². The topological polar surface area (TPSA) is 79.3 Å². The predicted octanol–water partition coefficient (Wildman–Crippen LogP) is 3.72. The number of unbranched alkanes of at least 4 members (excludes halogenated alkanes) is 2. The van der Waals surface area contributed by atoms with Crippen LogP contribution in [0.15, 0.2) is 48.8 Å². The highest BCUT2D eigenvalue weighted by atomic mass is 16.4. The lowest BCUT2D eigenvalue weighted by atomic mass is 9.94. The summed E-state index contributed by atoms with van der Waals surface area (Å²) in [4.78, 5) is 27.2. The Morgan fingerprint density at radius 2 is 1.92 bits per heavy atom. The maximum Gasteiger partial charge on any atom is 0.303 e. The van der Waals surface area contributed by atoms with E-state index in [4.69, 9.17) is 5.11 Å². The molecule has 2 heterocycles. The summed E-state index contributed by atoms with van der Waals surface area (Å²) in [6.07, 6.45) is 7.83. The number of rotatable bonds is 5. The van der Waals surface area contributed by atoms with Crippen molar-refractivity contribution in [2.75, 3.05) is 5.32 Å². The maximum atomic E-state index is 12.4. The van der Waals surface area contributed by atoms with Crippen LogP contribution in [0, 0.1) is 0 Å². The Labute approximate surface area is 140 Å². The summed E-state index contributed by atoms with van der Waals surface area (Å²) >= 11 is 0. The lowest BCUT2D eigenvalue weighted by Gasteiger charge is -2.10. The van der Waals surface area contributed by atoms with Gasteiger partial charge in [0.2, 0.25) is 0 Å². The molecule has 0 bridgehead atoms. The van der Waals surface area contributed by atoms with Crippen molar-refractivity contribution in [3.05, 3.63) is 65.5 Å². The van der Waals surface area contributed by atoms with Crippen molar-refractivity contribution in [3.8, 4) is 0 Å². The van der Waals surface area contributed by atoms with Crippen LogP contribution in [-0.4, -0.2) is 22.0 Å². The third-order valence-electron chi connectivity index (χ3n) is 4.01. The molecule has 1 aliphatic heterocycles. The number of fused-ring (bicyclic) bond motifs is 2. The Morgan fingerprint density at radius 1 is 1.12 bits per heavy atom. The van der Waals surface area contributed by atoms with Crippen molar-refractivity contribution in [1.29, 1.82) is 0 Å². The summed E-state index contributed by atoms with van der Waals surface area (Å²) in [5.74, 6) is -0.904. The van der Waals surface area contributed by atoms with E-state index >= 15 is 0 Å². The number of carboxylic acids is 1. The fourth-order valence-corrected chi connectivity index (χ4v) is 2.86. The number of aliphatic carboxylic acids is 1. The molecule has 122 valence electrons. The minimum atomic E-state index is -0.771. The summed E-state index contributed by atoms with van der Waals surface area (Å²) < 4.78 is 0. The monoisotopic (exact) mass is 322 g/mol. The first kappa shape index (κ1) is 15.9. The van der Waals surface area contributed by atoms with Crippen molar-refractivity contribution in [2.45, 2.75) is 25.7 Å². The van der Waals surface area contributed by atoms with Crippen molar-refractivity contribution < 1.29 is 14.7 Å². The molecule has 0 spiro atoms. The molecule has 2 aromatic rings. The van der Waals surface area contributed by atoms with Crippen LogP contribution in [-0.2, 0) is 4.79 Å². The Morgan fingerprint density at radius 3 is 2.71 bits per heavy atom. The van der Waals surface area contributed by atoms with Gasteiger partial charge in [0.25, 0.3) is 5.91 Å².